The standard InChI is InChI=1S/2C15H22O2/c2*16-14-5-3-11-7-10(1-2-12(11)8-14)13-4-6-15(17)9-13/h10,13,15,17H,1-9H2;8,10-11,13,15,17H,1-7,9H2. The number of carbonyl (C=O) groups is 2. The summed E-state index contributed by atoms with van der Waals surface area (Å²) in [5.74, 6) is 4.57. The number of ketones is 2. The molecule has 0 bridgehead atoms. The maximum Gasteiger partial charge on any atom is 0.155 e. The molecule has 4 heteroatoms. The Labute approximate surface area is 205 Å². The largest absolute Gasteiger partial charge is 0.393 e. The molecular formula is C30H44O4. The lowest BCUT2D eigenvalue weighted by molar-refractivity contribution is -0.119. The molecule has 2 N–H and O–H groups in total. The third kappa shape index (κ3) is 5.75. The number of aliphatic hydroxyl groups excluding tert-OH is 2. The van der Waals surface area contributed by atoms with Gasteiger partial charge in [0.25, 0.3) is 0 Å². The molecule has 6 aliphatic carbocycles. The van der Waals surface area contributed by atoms with Crippen molar-refractivity contribution < 1.29 is 19.8 Å². The van der Waals surface area contributed by atoms with E-state index in [1.54, 1.807) is 5.57 Å². The average Bonchev–Trinajstić information content (AvgIpc) is 3.47. The van der Waals surface area contributed by atoms with Crippen LogP contribution in [0.3, 0.4) is 0 Å². The number of hydrogen-bond acceptors (Lipinski definition) is 4. The Kier molecular flexibility index (Phi) is 7.75. The average molecular weight is 469 g/mol. The summed E-state index contributed by atoms with van der Waals surface area (Å²) < 4.78 is 0. The topological polar surface area (TPSA) is 74.6 Å². The lowest BCUT2D eigenvalue weighted by atomic mass is 9.69. The number of allylic oxidation sites excluding steroid dienone is 4. The molecule has 7 unspecified atom stereocenters. The molecule has 0 saturated heterocycles. The third-order valence-corrected chi connectivity index (χ3v) is 10.2. The van der Waals surface area contributed by atoms with E-state index in [4.69, 9.17) is 0 Å². The molecule has 7 atom stereocenters. The van der Waals surface area contributed by atoms with Crippen molar-refractivity contribution in [1.29, 1.82) is 0 Å². The zero-order valence-electron chi connectivity index (χ0n) is 20.9. The molecule has 0 aromatic heterocycles. The highest BCUT2D eigenvalue weighted by Crippen LogP contribution is 2.46. The molecule has 0 aliphatic heterocycles. The van der Waals surface area contributed by atoms with Gasteiger partial charge >= 0.3 is 0 Å². The van der Waals surface area contributed by atoms with Crippen LogP contribution in [0.15, 0.2) is 22.8 Å². The van der Waals surface area contributed by atoms with Crippen molar-refractivity contribution in [3.63, 3.8) is 0 Å². The molecular weight excluding hydrogens is 424 g/mol. The van der Waals surface area contributed by atoms with E-state index in [2.05, 4.69) is 0 Å². The third-order valence-electron chi connectivity index (χ3n) is 10.2. The van der Waals surface area contributed by atoms with Crippen LogP contribution >= 0.6 is 0 Å². The lowest BCUT2D eigenvalue weighted by Crippen LogP contribution is -2.26. The van der Waals surface area contributed by atoms with Gasteiger partial charge in [-0.2, -0.15) is 0 Å². The molecule has 0 aromatic carbocycles. The molecule has 0 aromatic rings. The van der Waals surface area contributed by atoms with Gasteiger partial charge in [-0.1, -0.05) is 16.7 Å². The van der Waals surface area contributed by atoms with Crippen molar-refractivity contribution in [1.82, 2.24) is 0 Å². The van der Waals surface area contributed by atoms with Crippen LogP contribution < -0.4 is 0 Å². The molecule has 0 amide bonds. The maximum absolute atomic E-state index is 11.4. The molecule has 0 radical (unpaired) electrons. The minimum absolute atomic E-state index is 0.0372. The van der Waals surface area contributed by atoms with Crippen LogP contribution in [0.2, 0.25) is 0 Å². The number of Topliss-reactive ketones (excluding diaryl/α,β-unsaturated/α-hetero) is 1. The molecule has 6 rings (SSSR count). The number of rotatable bonds is 2. The minimum Gasteiger partial charge on any atom is -0.393 e. The molecule has 0 heterocycles. The van der Waals surface area contributed by atoms with E-state index in [1.165, 1.54) is 49.7 Å². The smallest absolute Gasteiger partial charge is 0.155 e. The van der Waals surface area contributed by atoms with E-state index >= 15 is 0 Å². The maximum atomic E-state index is 11.4. The van der Waals surface area contributed by atoms with Crippen LogP contribution in [-0.2, 0) is 9.59 Å². The number of fused-ring (bicyclic) bond motifs is 1. The van der Waals surface area contributed by atoms with Gasteiger partial charge in [0, 0.05) is 19.3 Å². The fraction of sp³-hybridized carbons (Fsp3) is 0.800. The fourth-order valence-electron chi connectivity index (χ4n) is 8.16. The Bertz CT molecular complexity index is 839. The van der Waals surface area contributed by atoms with Gasteiger partial charge in [0.1, 0.15) is 5.78 Å². The van der Waals surface area contributed by atoms with Crippen LogP contribution in [0.25, 0.3) is 0 Å². The van der Waals surface area contributed by atoms with Gasteiger partial charge in [-0.25, -0.2) is 0 Å². The van der Waals surface area contributed by atoms with Crippen LogP contribution in [0.1, 0.15) is 109 Å². The van der Waals surface area contributed by atoms with Crippen LogP contribution in [-0.4, -0.2) is 34.0 Å². The van der Waals surface area contributed by atoms with E-state index in [9.17, 15) is 19.8 Å². The quantitative estimate of drug-likeness (QED) is 0.499. The predicted octanol–water partition coefficient (Wildman–Crippen LogP) is 5.85. The van der Waals surface area contributed by atoms with Gasteiger partial charge in [-0.15, -0.1) is 0 Å². The zero-order valence-corrected chi connectivity index (χ0v) is 20.9. The van der Waals surface area contributed by atoms with Crippen molar-refractivity contribution in [2.75, 3.05) is 0 Å². The van der Waals surface area contributed by atoms with Crippen LogP contribution in [0.5, 0.6) is 0 Å². The molecule has 0 spiro atoms. The summed E-state index contributed by atoms with van der Waals surface area (Å²) in [7, 11) is 0. The highest BCUT2D eigenvalue weighted by atomic mass is 16.3. The van der Waals surface area contributed by atoms with E-state index < -0.39 is 0 Å². The fourth-order valence-corrected chi connectivity index (χ4v) is 8.16. The Morgan fingerprint density at radius 1 is 0.618 bits per heavy atom. The highest BCUT2D eigenvalue weighted by molar-refractivity contribution is 5.91. The van der Waals surface area contributed by atoms with Crippen LogP contribution in [0.4, 0.5) is 0 Å². The molecule has 34 heavy (non-hydrogen) atoms. The van der Waals surface area contributed by atoms with E-state index in [1.807, 2.05) is 6.08 Å². The normalized spacial score (nSPS) is 40.3. The molecule has 3 saturated carbocycles. The summed E-state index contributed by atoms with van der Waals surface area (Å²) in [5.41, 5.74) is 4.49. The summed E-state index contributed by atoms with van der Waals surface area (Å²) in [4.78, 5) is 22.8. The van der Waals surface area contributed by atoms with Crippen molar-refractivity contribution in [2.24, 2.45) is 29.6 Å². The second-order valence-corrected chi connectivity index (χ2v) is 12.3. The zero-order chi connectivity index (χ0) is 23.7. The Hall–Kier alpha value is -1.26. The van der Waals surface area contributed by atoms with Crippen LogP contribution in [0, 0.1) is 29.6 Å². The van der Waals surface area contributed by atoms with Gasteiger partial charge in [-0.05, 0) is 126 Å². The molecule has 3 fully saturated rings. The van der Waals surface area contributed by atoms with E-state index in [0.29, 0.717) is 17.5 Å². The summed E-state index contributed by atoms with van der Waals surface area (Å²) in [6.45, 7) is 0. The second-order valence-electron chi connectivity index (χ2n) is 12.3. The molecule has 188 valence electrons. The van der Waals surface area contributed by atoms with E-state index in [0.717, 1.165) is 94.3 Å². The first-order valence-corrected chi connectivity index (χ1v) is 14.3. The van der Waals surface area contributed by atoms with Gasteiger partial charge < -0.3 is 10.2 Å². The first-order chi connectivity index (χ1) is 16.4. The number of aliphatic hydroxyl groups is 2. The van der Waals surface area contributed by atoms with Crippen molar-refractivity contribution >= 4 is 11.6 Å². The van der Waals surface area contributed by atoms with Gasteiger partial charge in [0.05, 0.1) is 12.2 Å². The first-order valence-electron chi connectivity index (χ1n) is 14.3. The number of carbonyl (C=O) groups excluding carboxylic acids is 2. The monoisotopic (exact) mass is 468 g/mol. The van der Waals surface area contributed by atoms with E-state index in [-0.39, 0.29) is 12.2 Å². The SMILES string of the molecule is O=C1C=C2CCC(C3CCC(O)C3)CC2CC1.O=C1CCC2=C(CCC(C3CCC(O)C3)C2)C1. The Morgan fingerprint density at radius 2 is 1.29 bits per heavy atom. The Balaban J connectivity index is 0.000000142. The van der Waals surface area contributed by atoms with Gasteiger partial charge in [0.15, 0.2) is 5.78 Å². The Morgan fingerprint density at radius 3 is 2.00 bits per heavy atom. The van der Waals surface area contributed by atoms with Crippen molar-refractivity contribution in [3.05, 3.63) is 22.8 Å². The summed E-state index contributed by atoms with van der Waals surface area (Å²) >= 11 is 0. The first kappa shape index (κ1) is 24.4. The highest BCUT2D eigenvalue weighted by Gasteiger charge is 2.36. The minimum atomic E-state index is -0.0386. The predicted molar refractivity (Wildman–Crippen MR) is 133 cm³/mol. The van der Waals surface area contributed by atoms with Crippen molar-refractivity contribution in [3.8, 4) is 0 Å². The summed E-state index contributed by atoms with van der Waals surface area (Å²) in [6.07, 6.45) is 20.0. The van der Waals surface area contributed by atoms with Crippen molar-refractivity contribution in [2.45, 2.75) is 121 Å². The molecule has 4 nitrogen and oxygen atoms in total. The van der Waals surface area contributed by atoms with Gasteiger partial charge in [-0.3, -0.25) is 9.59 Å². The summed E-state index contributed by atoms with van der Waals surface area (Å²) in [5, 5.41) is 19.3. The second kappa shape index (κ2) is 10.8. The lowest BCUT2D eigenvalue weighted by Gasteiger charge is -2.36. The summed E-state index contributed by atoms with van der Waals surface area (Å²) in [6, 6.07) is 0. The van der Waals surface area contributed by atoms with Gasteiger partial charge in [0.2, 0.25) is 0 Å². The molecule has 6 aliphatic rings. The number of hydrogen-bond donors (Lipinski definition) is 2.